The summed E-state index contributed by atoms with van der Waals surface area (Å²) in [5.41, 5.74) is 4.53. The molecule has 0 aromatic heterocycles. The van der Waals surface area contributed by atoms with Gasteiger partial charge in [0.25, 0.3) is 0 Å². The van der Waals surface area contributed by atoms with Gasteiger partial charge in [-0.25, -0.2) is 0 Å². The van der Waals surface area contributed by atoms with E-state index in [1.54, 1.807) is 0 Å². The summed E-state index contributed by atoms with van der Waals surface area (Å²) in [7, 11) is 0. The van der Waals surface area contributed by atoms with E-state index in [0.29, 0.717) is 13.0 Å². The van der Waals surface area contributed by atoms with Crippen molar-refractivity contribution in [3.63, 3.8) is 0 Å². The first-order valence-corrected chi connectivity index (χ1v) is 8.86. The second-order valence-corrected chi connectivity index (χ2v) is 6.43. The van der Waals surface area contributed by atoms with Crippen molar-refractivity contribution in [2.24, 2.45) is 5.92 Å². The molecule has 0 aliphatic rings. The van der Waals surface area contributed by atoms with Crippen LogP contribution in [0.15, 0.2) is 78.9 Å². The zero-order valence-corrected chi connectivity index (χ0v) is 14.7. The molecule has 0 saturated carbocycles. The summed E-state index contributed by atoms with van der Waals surface area (Å²) in [6.07, 6.45) is 0.680. The molecule has 3 aromatic carbocycles. The molecule has 3 nitrogen and oxygen atoms in total. The van der Waals surface area contributed by atoms with Crippen molar-refractivity contribution < 1.29 is 14.9 Å². The van der Waals surface area contributed by atoms with Crippen molar-refractivity contribution >= 4 is 0 Å². The van der Waals surface area contributed by atoms with Crippen molar-refractivity contribution in [3.05, 3.63) is 90.0 Å². The van der Waals surface area contributed by atoms with E-state index in [4.69, 9.17) is 4.74 Å². The van der Waals surface area contributed by atoms with Crippen LogP contribution in [0.2, 0.25) is 0 Å². The topological polar surface area (TPSA) is 49.7 Å². The van der Waals surface area contributed by atoms with Crippen LogP contribution in [0.3, 0.4) is 0 Å². The Labute approximate surface area is 154 Å². The molecule has 2 N–H and O–H groups in total. The maximum atomic E-state index is 9.19. The largest absolute Gasteiger partial charge is 0.489 e. The maximum Gasteiger partial charge on any atom is 0.119 e. The van der Waals surface area contributed by atoms with E-state index in [9.17, 15) is 10.2 Å². The van der Waals surface area contributed by atoms with E-state index in [2.05, 4.69) is 24.3 Å². The van der Waals surface area contributed by atoms with E-state index >= 15 is 0 Å². The van der Waals surface area contributed by atoms with Gasteiger partial charge < -0.3 is 14.9 Å². The Hall–Kier alpha value is -2.62. The summed E-state index contributed by atoms with van der Waals surface area (Å²) < 4.78 is 5.82. The van der Waals surface area contributed by atoms with E-state index in [1.807, 2.05) is 54.6 Å². The van der Waals surface area contributed by atoms with Gasteiger partial charge in [0.05, 0.1) is 0 Å². The van der Waals surface area contributed by atoms with Crippen LogP contribution in [-0.4, -0.2) is 23.4 Å². The van der Waals surface area contributed by atoms with Crippen LogP contribution in [0, 0.1) is 5.92 Å². The normalized spacial score (nSPS) is 10.9. The fraction of sp³-hybridized carbons (Fsp3) is 0.217. The van der Waals surface area contributed by atoms with E-state index < -0.39 is 0 Å². The fourth-order valence-corrected chi connectivity index (χ4v) is 2.84. The van der Waals surface area contributed by atoms with Crippen molar-refractivity contribution in [1.82, 2.24) is 0 Å². The highest BCUT2D eigenvalue weighted by Gasteiger charge is 2.07. The molecule has 0 heterocycles. The van der Waals surface area contributed by atoms with Gasteiger partial charge in [-0.3, -0.25) is 0 Å². The van der Waals surface area contributed by atoms with E-state index in [-0.39, 0.29) is 19.1 Å². The Kier molecular flexibility index (Phi) is 6.42. The van der Waals surface area contributed by atoms with Crippen molar-refractivity contribution in [2.75, 3.05) is 13.2 Å². The number of hydrogen-bond donors (Lipinski definition) is 2. The lowest BCUT2D eigenvalue weighted by Crippen LogP contribution is -2.13. The standard InChI is InChI=1S/C23H24O3/c24-15-20(16-25)14-18-6-8-21(9-7-18)22-10-12-23(13-11-22)26-17-19-4-2-1-3-5-19/h1-13,20,24-25H,14-17H2. The van der Waals surface area contributed by atoms with Crippen molar-refractivity contribution in [3.8, 4) is 16.9 Å². The molecule has 0 spiro atoms. The predicted molar refractivity (Wildman–Crippen MR) is 104 cm³/mol. The Balaban J connectivity index is 1.61. The smallest absolute Gasteiger partial charge is 0.119 e. The summed E-state index contributed by atoms with van der Waals surface area (Å²) in [6.45, 7) is 0.567. The molecule has 134 valence electrons. The quantitative estimate of drug-likeness (QED) is 0.645. The van der Waals surface area contributed by atoms with Crippen LogP contribution >= 0.6 is 0 Å². The van der Waals surface area contributed by atoms with Gasteiger partial charge >= 0.3 is 0 Å². The molecule has 0 atom stereocenters. The lowest BCUT2D eigenvalue weighted by molar-refractivity contribution is 0.150. The van der Waals surface area contributed by atoms with Crippen LogP contribution in [0.25, 0.3) is 11.1 Å². The van der Waals surface area contributed by atoms with Gasteiger partial charge in [0.15, 0.2) is 0 Å². The first-order valence-electron chi connectivity index (χ1n) is 8.86. The lowest BCUT2D eigenvalue weighted by atomic mass is 9.98. The van der Waals surface area contributed by atoms with Gasteiger partial charge in [0.1, 0.15) is 12.4 Å². The Morgan fingerprint density at radius 3 is 1.81 bits per heavy atom. The lowest BCUT2D eigenvalue weighted by Gasteiger charge is -2.11. The van der Waals surface area contributed by atoms with Gasteiger partial charge in [0.2, 0.25) is 0 Å². The zero-order chi connectivity index (χ0) is 18.2. The first kappa shape index (κ1) is 18.2. The number of hydrogen-bond acceptors (Lipinski definition) is 3. The molecule has 0 saturated heterocycles. The van der Waals surface area contributed by atoms with Gasteiger partial charge in [-0.2, -0.15) is 0 Å². The molecule has 0 aliphatic carbocycles. The number of benzene rings is 3. The third kappa shape index (κ3) is 4.94. The predicted octanol–water partition coefficient (Wildman–Crippen LogP) is 4.08. The summed E-state index contributed by atoms with van der Waals surface area (Å²) in [6, 6.07) is 26.4. The van der Waals surface area contributed by atoms with Crippen LogP contribution in [0.5, 0.6) is 5.75 Å². The summed E-state index contributed by atoms with van der Waals surface area (Å²) >= 11 is 0. The van der Waals surface area contributed by atoms with Crippen LogP contribution in [0.1, 0.15) is 11.1 Å². The number of rotatable bonds is 8. The van der Waals surface area contributed by atoms with Crippen LogP contribution < -0.4 is 4.74 Å². The second-order valence-electron chi connectivity index (χ2n) is 6.43. The third-order valence-corrected chi connectivity index (χ3v) is 4.43. The average Bonchev–Trinajstić information content (AvgIpc) is 2.72. The van der Waals surface area contributed by atoms with Gasteiger partial charge in [-0.1, -0.05) is 66.7 Å². The molecule has 3 heteroatoms. The van der Waals surface area contributed by atoms with Gasteiger partial charge in [-0.15, -0.1) is 0 Å². The van der Waals surface area contributed by atoms with Crippen LogP contribution in [-0.2, 0) is 13.0 Å². The molecule has 0 aliphatic heterocycles. The molecule has 0 amide bonds. The molecule has 3 rings (SSSR count). The monoisotopic (exact) mass is 348 g/mol. The fourth-order valence-electron chi connectivity index (χ4n) is 2.84. The Morgan fingerprint density at radius 1 is 0.654 bits per heavy atom. The minimum Gasteiger partial charge on any atom is -0.489 e. The van der Waals surface area contributed by atoms with Crippen molar-refractivity contribution in [2.45, 2.75) is 13.0 Å². The van der Waals surface area contributed by atoms with E-state index in [1.165, 1.54) is 0 Å². The molecule has 3 aromatic rings. The third-order valence-electron chi connectivity index (χ3n) is 4.43. The highest BCUT2D eigenvalue weighted by Crippen LogP contribution is 2.24. The minimum atomic E-state index is -0.0955. The molecule has 0 fully saturated rings. The van der Waals surface area contributed by atoms with Gasteiger partial charge in [0, 0.05) is 19.1 Å². The molecular formula is C23H24O3. The first-order chi connectivity index (χ1) is 12.8. The molecule has 0 radical (unpaired) electrons. The van der Waals surface area contributed by atoms with E-state index in [0.717, 1.165) is 28.0 Å². The summed E-state index contributed by atoms with van der Waals surface area (Å²) in [5.74, 6) is 0.754. The van der Waals surface area contributed by atoms with Crippen LogP contribution in [0.4, 0.5) is 0 Å². The Morgan fingerprint density at radius 2 is 1.23 bits per heavy atom. The SMILES string of the molecule is OCC(CO)Cc1ccc(-c2ccc(OCc3ccccc3)cc2)cc1. The van der Waals surface area contributed by atoms with Crippen molar-refractivity contribution in [1.29, 1.82) is 0 Å². The highest BCUT2D eigenvalue weighted by atomic mass is 16.5. The molecule has 0 unspecified atom stereocenters. The highest BCUT2D eigenvalue weighted by molar-refractivity contribution is 5.64. The maximum absolute atomic E-state index is 9.19. The molecule has 0 bridgehead atoms. The number of aliphatic hydroxyl groups excluding tert-OH is 2. The zero-order valence-electron chi connectivity index (χ0n) is 14.7. The number of aliphatic hydroxyl groups is 2. The molecule has 26 heavy (non-hydrogen) atoms. The van der Waals surface area contributed by atoms with Gasteiger partial charge in [-0.05, 0) is 40.8 Å². The average molecular weight is 348 g/mol. The summed E-state index contributed by atoms with van der Waals surface area (Å²) in [5, 5.41) is 18.4. The number of ether oxygens (including phenoxy) is 1. The minimum absolute atomic E-state index is 0.00267. The molecular weight excluding hydrogens is 324 g/mol. The summed E-state index contributed by atoms with van der Waals surface area (Å²) in [4.78, 5) is 0. The second kappa shape index (κ2) is 9.18. The Bertz CT molecular complexity index is 776.